The molecule has 0 saturated carbocycles. The molecule has 0 radical (unpaired) electrons. The van der Waals surface area contributed by atoms with E-state index in [0.717, 1.165) is 56.0 Å². The number of hydrogen-bond acceptors (Lipinski definition) is 5. The van der Waals surface area contributed by atoms with Crippen molar-refractivity contribution in [3.63, 3.8) is 0 Å². The van der Waals surface area contributed by atoms with Crippen molar-refractivity contribution in [3.8, 4) is 0 Å². The summed E-state index contributed by atoms with van der Waals surface area (Å²) in [6.07, 6.45) is 8.26. The van der Waals surface area contributed by atoms with Gasteiger partial charge in [0.05, 0.1) is 6.04 Å². The van der Waals surface area contributed by atoms with Crippen molar-refractivity contribution in [2.24, 2.45) is 10.9 Å². The number of piperidine rings is 1. The van der Waals surface area contributed by atoms with Crippen LogP contribution in [0.25, 0.3) is 0 Å². The van der Waals surface area contributed by atoms with Gasteiger partial charge >= 0.3 is 0 Å². The predicted octanol–water partition coefficient (Wildman–Crippen LogP) is 3.86. The van der Waals surface area contributed by atoms with E-state index in [0.29, 0.717) is 6.04 Å². The summed E-state index contributed by atoms with van der Waals surface area (Å²) in [5, 5.41) is 18.1. The van der Waals surface area contributed by atoms with Crippen LogP contribution in [0.5, 0.6) is 0 Å². The van der Waals surface area contributed by atoms with Crippen LogP contribution in [-0.2, 0) is 19.4 Å². The van der Waals surface area contributed by atoms with Gasteiger partial charge in [0.2, 0.25) is 0 Å². The lowest BCUT2D eigenvalue weighted by Gasteiger charge is -2.36. The first-order valence-corrected chi connectivity index (χ1v) is 12.8. The summed E-state index contributed by atoms with van der Waals surface area (Å²) in [7, 11) is 1.85. The molecule has 2 N–H and O–H groups in total. The Kier molecular flexibility index (Phi) is 10.2. The maximum Gasteiger partial charge on any atom is 0.191 e. The number of thiophene rings is 1. The number of rotatable bonds is 7. The molecule has 4 heterocycles. The number of nitrogens with zero attached hydrogens (tertiary/aromatic N) is 5. The van der Waals surface area contributed by atoms with E-state index in [1.165, 1.54) is 50.1 Å². The fourth-order valence-corrected chi connectivity index (χ4v) is 5.53. The van der Waals surface area contributed by atoms with Gasteiger partial charge in [0.15, 0.2) is 5.96 Å². The highest BCUT2D eigenvalue weighted by Gasteiger charge is 2.25. The predicted molar refractivity (Wildman–Crippen MR) is 143 cm³/mol. The van der Waals surface area contributed by atoms with Crippen LogP contribution in [-0.4, -0.2) is 58.9 Å². The van der Waals surface area contributed by atoms with Crippen molar-refractivity contribution in [2.75, 3.05) is 33.2 Å². The van der Waals surface area contributed by atoms with Gasteiger partial charge in [-0.05, 0) is 56.1 Å². The molecule has 1 unspecified atom stereocenters. The maximum absolute atomic E-state index is 4.46. The lowest BCUT2D eigenvalue weighted by atomic mass is 9.97. The Morgan fingerprint density at radius 1 is 1.19 bits per heavy atom. The second-order valence-electron chi connectivity index (χ2n) is 8.87. The molecule has 1 saturated heterocycles. The largest absolute Gasteiger partial charge is 0.356 e. The van der Waals surface area contributed by atoms with E-state index < -0.39 is 0 Å². The molecule has 1 atom stereocenters. The minimum absolute atomic E-state index is 0. The second-order valence-corrected chi connectivity index (χ2v) is 9.85. The molecule has 0 aromatic carbocycles. The quantitative estimate of drug-likeness (QED) is 0.300. The van der Waals surface area contributed by atoms with Gasteiger partial charge in [0.25, 0.3) is 0 Å². The fraction of sp³-hybridized carbons (Fsp3) is 0.696. The molecule has 0 amide bonds. The van der Waals surface area contributed by atoms with Gasteiger partial charge in [-0.1, -0.05) is 19.4 Å². The molecule has 0 spiro atoms. The van der Waals surface area contributed by atoms with E-state index in [2.05, 4.69) is 59.7 Å². The molecule has 2 aromatic heterocycles. The number of guanidine groups is 1. The van der Waals surface area contributed by atoms with Crippen LogP contribution in [0.2, 0.25) is 0 Å². The molecule has 32 heavy (non-hydrogen) atoms. The van der Waals surface area contributed by atoms with Gasteiger partial charge in [0.1, 0.15) is 11.6 Å². The average molecular weight is 572 g/mol. The van der Waals surface area contributed by atoms with Crippen molar-refractivity contribution in [2.45, 2.75) is 64.5 Å². The van der Waals surface area contributed by atoms with E-state index in [4.69, 9.17) is 0 Å². The molecule has 2 aromatic rings. The van der Waals surface area contributed by atoms with Crippen molar-refractivity contribution >= 4 is 41.3 Å². The van der Waals surface area contributed by atoms with Crippen LogP contribution < -0.4 is 10.6 Å². The first-order chi connectivity index (χ1) is 15.2. The number of aliphatic imine (C=N–C) groups is 1. The maximum atomic E-state index is 4.46. The Morgan fingerprint density at radius 2 is 2.03 bits per heavy atom. The topological polar surface area (TPSA) is 70.4 Å². The Balaban J connectivity index is 0.00000289. The lowest BCUT2D eigenvalue weighted by molar-refractivity contribution is 0.140. The number of aryl methyl sites for hydroxylation is 1. The van der Waals surface area contributed by atoms with Crippen LogP contribution in [0.3, 0.4) is 0 Å². The zero-order valence-corrected chi connectivity index (χ0v) is 22.6. The molecular formula is C23H38IN7S. The number of likely N-dealkylation sites (tertiary alicyclic amines) is 1. The number of halogens is 1. The molecule has 0 aliphatic carbocycles. The Bertz CT molecular complexity index is 828. The Morgan fingerprint density at radius 3 is 2.78 bits per heavy atom. The summed E-state index contributed by atoms with van der Waals surface area (Å²) < 4.78 is 2.33. The minimum atomic E-state index is 0. The normalized spacial score (nSPS) is 19.0. The Hall–Kier alpha value is -1.20. The van der Waals surface area contributed by atoms with Crippen LogP contribution >= 0.6 is 35.3 Å². The molecule has 2 aliphatic heterocycles. The average Bonchev–Trinajstić information content (AvgIpc) is 3.39. The standard InChI is InChI=1S/C23H37N7S.HI/c1-18-10-14-29(15-11-18)19(20-7-6-16-31-20)17-26-23(24-2)25-12-9-22-28-27-21-8-4-3-5-13-30(21)22;/h6-7,16,18-19H,3-5,8-15,17H2,1-2H3,(H2,24,25,26);1H. The van der Waals surface area contributed by atoms with Crippen LogP contribution in [0.4, 0.5) is 0 Å². The highest BCUT2D eigenvalue weighted by atomic mass is 127. The molecule has 7 nitrogen and oxygen atoms in total. The van der Waals surface area contributed by atoms with E-state index in [9.17, 15) is 0 Å². The second kappa shape index (κ2) is 12.9. The molecule has 1 fully saturated rings. The van der Waals surface area contributed by atoms with Gasteiger partial charge in [-0.2, -0.15) is 0 Å². The number of hydrogen-bond donors (Lipinski definition) is 2. The first-order valence-electron chi connectivity index (χ1n) is 11.9. The smallest absolute Gasteiger partial charge is 0.191 e. The van der Waals surface area contributed by atoms with Crippen molar-refractivity contribution in [1.82, 2.24) is 30.3 Å². The number of aromatic nitrogens is 3. The van der Waals surface area contributed by atoms with E-state index >= 15 is 0 Å². The van der Waals surface area contributed by atoms with Crippen molar-refractivity contribution in [3.05, 3.63) is 34.0 Å². The van der Waals surface area contributed by atoms with E-state index in [1.54, 1.807) is 0 Å². The molecule has 4 rings (SSSR count). The lowest BCUT2D eigenvalue weighted by Crippen LogP contribution is -2.45. The SMILES string of the molecule is CN=C(NCCc1nnc2n1CCCCC2)NCC(c1cccs1)N1CCC(C)CC1.I. The van der Waals surface area contributed by atoms with Gasteiger partial charge < -0.3 is 15.2 Å². The third kappa shape index (κ3) is 6.66. The molecule has 9 heteroatoms. The van der Waals surface area contributed by atoms with Gasteiger partial charge in [-0.3, -0.25) is 9.89 Å². The summed E-state index contributed by atoms with van der Waals surface area (Å²) in [6.45, 7) is 7.46. The zero-order valence-electron chi connectivity index (χ0n) is 19.4. The monoisotopic (exact) mass is 571 g/mol. The van der Waals surface area contributed by atoms with Gasteiger partial charge in [0, 0.05) is 44.4 Å². The van der Waals surface area contributed by atoms with Crippen LogP contribution in [0.1, 0.15) is 61.6 Å². The Labute approximate surface area is 213 Å². The molecule has 0 bridgehead atoms. The summed E-state index contributed by atoms with van der Waals surface area (Å²) in [6, 6.07) is 4.83. The van der Waals surface area contributed by atoms with E-state index in [1.807, 2.05) is 18.4 Å². The molecule has 2 aliphatic rings. The first kappa shape index (κ1) is 25.4. The fourth-order valence-electron chi connectivity index (χ4n) is 4.67. The highest BCUT2D eigenvalue weighted by Crippen LogP contribution is 2.29. The van der Waals surface area contributed by atoms with Crippen LogP contribution in [0.15, 0.2) is 22.5 Å². The van der Waals surface area contributed by atoms with Gasteiger partial charge in [-0.25, -0.2) is 0 Å². The van der Waals surface area contributed by atoms with Gasteiger partial charge in [-0.15, -0.1) is 45.5 Å². The van der Waals surface area contributed by atoms with Crippen molar-refractivity contribution in [1.29, 1.82) is 0 Å². The summed E-state index contributed by atoms with van der Waals surface area (Å²) in [5.41, 5.74) is 0. The third-order valence-corrected chi connectivity index (χ3v) is 7.62. The molecule has 178 valence electrons. The molecular weight excluding hydrogens is 533 g/mol. The minimum Gasteiger partial charge on any atom is -0.356 e. The highest BCUT2D eigenvalue weighted by molar-refractivity contribution is 14.0. The summed E-state index contributed by atoms with van der Waals surface area (Å²) in [4.78, 5) is 8.53. The van der Waals surface area contributed by atoms with Crippen LogP contribution in [0, 0.1) is 5.92 Å². The summed E-state index contributed by atoms with van der Waals surface area (Å²) in [5.74, 6) is 3.96. The number of nitrogens with one attached hydrogen (secondary N) is 2. The number of fused-ring (bicyclic) bond motifs is 1. The van der Waals surface area contributed by atoms with Crippen molar-refractivity contribution < 1.29 is 0 Å². The zero-order chi connectivity index (χ0) is 21.5. The third-order valence-electron chi connectivity index (χ3n) is 6.64. The van der Waals surface area contributed by atoms with E-state index in [-0.39, 0.29) is 24.0 Å². The summed E-state index contributed by atoms with van der Waals surface area (Å²) >= 11 is 1.86.